The fourth-order valence-electron chi connectivity index (χ4n) is 3.10. The van der Waals surface area contributed by atoms with E-state index in [0.717, 1.165) is 16.8 Å². The van der Waals surface area contributed by atoms with Gasteiger partial charge in [-0.15, -0.1) is 18.3 Å². The van der Waals surface area contributed by atoms with E-state index in [4.69, 9.17) is 17.0 Å². The van der Waals surface area contributed by atoms with Crippen LogP contribution in [-0.4, -0.2) is 39.6 Å². The van der Waals surface area contributed by atoms with Gasteiger partial charge in [-0.1, -0.05) is 36.4 Å². The summed E-state index contributed by atoms with van der Waals surface area (Å²) in [6.07, 6.45) is -1.66. The number of anilines is 1. The number of methoxy groups -OCH3 is 1. The minimum atomic E-state index is -4.74. The van der Waals surface area contributed by atoms with E-state index >= 15 is 0 Å². The van der Waals surface area contributed by atoms with E-state index in [-0.39, 0.29) is 5.75 Å². The predicted molar refractivity (Wildman–Crippen MR) is 133 cm³/mol. The second-order valence-electron chi connectivity index (χ2n) is 7.20. The Kier molecular flexibility index (Phi) is 7.44. The van der Waals surface area contributed by atoms with E-state index < -0.39 is 6.36 Å². The normalized spacial score (nSPS) is 11.3. The number of para-hydroxylation sites is 2. The first kappa shape index (κ1) is 24.7. The van der Waals surface area contributed by atoms with E-state index in [1.54, 1.807) is 13.3 Å². The fourth-order valence-corrected chi connectivity index (χ4v) is 3.26. The van der Waals surface area contributed by atoms with E-state index in [1.807, 2.05) is 48.5 Å². The Morgan fingerprint density at radius 2 is 1.75 bits per heavy atom. The van der Waals surface area contributed by atoms with Gasteiger partial charge in [-0.3, -0.25) is 5.43 Å². The molecule has 0 bridgehead atoms. The molecule has 12 heteroatoms. The van der Waals surface area contributed by atoms with Crippen molar-refractivity contribution in [3.63, 3.8) is 0 Å². The number of hydrogen-bond acceptors (Lipinski definition) is 6. The first-order valence-corrected chi connectivity index (χ1v) is 10.8. The lowest BCUT2D eigenvalue weighted by atomic mass is 10.1. The van der Waals surface area contributed by atoms with Crippen LogP contribution in [0, 0.1) is 0 Å². The number of nitrogens with zero attached hydrogens (tertiary/aromatic N) is 4. The lowest BCUT2D eigenvalue weighted by molar-refractivity contribution is -0.274. The summed E-state index contributed by atoms with van der Waals surface area (Å²) in [4.78, 5) is 4.27. The minimum absolute atomic E-state index is 0.306. The highest BCUT2D eigenvalue weighted by molar-refractivity contribution is 7.80. The Balaban J connectivity index is 1.35. The molecule has 36 heavy (non-hydrogen) atoms. The molecule has 0 aliphatic heterocycles. The zero-order valence-electron chi connectivity index (χ0n) is 18.7. The molecule has 0 saturated heterocycles. The molecule has 0 aliphatic rings. The molecule has 3 aromatic carbocycles. The molecule has 0 amide bonds. The molecule has 0 unspecified atom stereocenters. The molecule has 0 saturated carbocycles. The van der Waals surface area contributed by atoms with Crippen molar-refractivity contribution >= 4 is 29.2 Å². The smallest absolute Gasteiger partial charge is 0.495 e. The number of ether oxygens (including phenoxy) is 2. The summed E-state index contributed by atoms with van der Waals surface area (Å²) in [6.45, 7) is 0. The molecule has 184 valence electrons. The Labute approximate surface area is 209 Å². The summed E-state index contributed by atoms with van der Waals surface area (Å²) >= 11 is 5.25. The van der Waals surface area contributed by atoms with Crippen LogP contribution in [-0.2, 0) is 0 Å². The minimum Gasteiger partial charge on any atom is -0.495 e. The van der Waals surface area contributed by atoms with Gasteiger partial charge < -0.3 is 14.8 Å². The van der Waals surface area contributed by atoms with Gasteiger partial charge in [0.1, 0.15) is 17.8 Å². The molecular weight excluding hydrogens is 493 g/mol. The largest absolute Gasteiger partial charge is 0.573 e. The average Bonchev–Trinajstić information content (AvgIpc) is 3.35. The quantitative estimate of drug-likeness (QED) is 0.201. The summed E-state index contributed by atoms with van der Waals surface area (Å²) in [7, 11) is 1.58. The number of thiocarbonyl (C=S) groups is 1. The lowest BCUT2D eigenvalue weighted by Crippen LogP contribution is -2.24. The fraction of sp³-hybridized carbons (Fsp3) is 0.0833. The van der Waals surface area contributed by atoms with Gasteiger partial charge in [-0.25, -0.2) is 9.67 Å². The molecule has 0 atom stereocenters. The van der Waals surface area contributed by atoms with Crippen LogP contribution in [0.25, 0.3) is 17.1 Å². The Morgan fingerprint density at radius 1 is 1.03 bits per heavy atom. The van der Waals surface area contributed by atoms with Gasteiger partial charge in [-0.05, 0) is 54.2 Å². The number of hydrogen-bond donors (Lipinski definition) is 2. The van der Waals surface area contributed by atoms with Crippen LogP contribution in [0.2, 0.25) is 0 Å². The van der Waals surface area contributed by atoms with Gasteiger partial charge in [0.15, 0.2) is 10.9 Å². The zero-order chi connectivity index (χ0) is 25.5. The van der Waals surface area contributed by atoms with Gasteiger partial charge in [0.25, 0.3) is 0 Å². The molecule has 0 fully saturated rings. The second-order valence-corrected chi connectivity index (χ2v) is 7.61. The van der Waals surface area contributed by atoms with Crippen LogP contribution < -0.4 is 20.2 Å². The van der Waals surface area contributed by atoms with E-state index in [0.29, 0.717) is 22.4 Å². The van der Waals surface area contributed by atoms with Crippen LogP contribution in [0.4, 0.5) is 18.9 Å². The number of aromatic nitrogens is 3. The SMILES string of the molecule is COc1ccccc1NC(=S)NN=Cc1ccc(-c2ncn(-c3ccc(OC(F)(F)F)cc3)n2)cc1. The zero-order valence-corrected chi connectivity index (χ0v) is 19.5. The van der Waals surface area contributed by atoms with E-state index in [9.17, 15) is 13.2 Å². The van der Waals surface area contributed by atoms with Crippen LogP contribution >= 0.6 is 12.2 Å². The van der Waals surface area contributed by atoms with Crippen LogP contribution in [0.5, 0.6) is 11.5 Å². The summed E-state index contributed by atoms with van der Waals surface area (Å²) in [5.74, 6) is 0.800. The molecular formula is C24H19F3N6O2S. The van der Waals surface area contributed by atoms with Gasteiger partial charge in [-0.2, -0.15) is 5.10 Å². The molecule has 8 nitrogen and oxygen atoms in total. The summed E-state index contributed by atoms with van der Waals surface area (Å²) in [6, 6.07) is 20.0. The number of rotatable bonds is 7. The van der Waals surface area contributed by atoms with Crippen molar-refractivity contribution in [1.82, 2.24) is 20.2 Å². The maximum atomic E-state index is 12.3. The Hall–Kier alpha value is -4.45. The molecule has 0 radical (unpaired) electrons. The van der Waals surface area contributed by atoms with Crippen molar-refractivity contribution in [2.45, 2.75) is 6.36 Å². The maximum absolute atomic E-state index is 12.3. The third-order valence-corrected chi connectivity index (χ3v) is 4.92. The van der Waals surface area contributed by atoms with Crippen molar-refractivity contribution in [3.8, 4) is 28.6 Å². The van der Waals surface area contributed by atoms with Gasteiger partial charge in [0, 0.05) is 5.56 Å². The predicted octanol–water partition coefficient (Wildman–Crippen LogP) is 5.16. The van der Waals surface area contributed by atoms with Crippen molar-refractivity contribution in [1.29, 1.82) is 0 Å². The number of benzene rings is 3. The molecule has 1 heterocycles. The monoisotopic (exact) mass is 512 g/mol. The molecule has 0 spiro atoms. The highest BCUT2D eigenvalue weighted by atomic mass is 32.1. The summed E-state index contributed by atoms with van der Waals surface area (Å²) < 4.78 is 47.6. The Bertz CT molecular complexity index is 1360. The molecule has 0 aliphatic carbocycles. The maximum Gasteiger partial charge on any atom is 0.573 e. The number of hydrazone groups is 1. The van der Waals surface area contributed by atoms with Crippen molar-refractivity contribution in [3.05, 3.63) is 84.7 Å². The van der Waals surface area contributed by atoms with Crippen molar-refractivity contribution in [2.75, 3.05) is 12.4 Å². The van der Waals surface area contributed by atoms with Gasteiger partial charge >= 0.3 is 6.36 Å². The van der Waals surface area contributed by atoms with Crippen molar-refractivity contribution in [2.24, 2.45) is 5.10 Å². The molecule has 4 aromatic rings. The number of alkyl halides is 3. The topological polar surface area (TPSA) is 85.6 Å². The standard InChI is InChI=1S/C24H19F3N6O2S/c1-34-21-5-3-2-4-20(21)30-23(36)31-29-14-16-6-8-17(9-7-16)22-28-15-33(32-22)18-10-12-19(13-11-18)35-24(25,26)27/h2-15H,1H3,(H2,30,31,36). The Morgan fingerprint density at radius 3 is 2.44 bits per heavy atom. The number of nitrogens with one attached hydrogen (secondary N) is 2. The molecule has 1 aromatic heterocycles. The van der Waals surface area contributed by atoms with Crippen LogP contribution in [0.15, 0.2) is 84.2 Å². The van der Waals surface area contributed by atoms with Crippen LogP contribution in [0.1, 0.15) is 5.56 Å². The van der Waals surface area contributed by atoms with E-state index in [2.05, 4.69) is 30.7 Å². The average molecular weight is 513 g/mol. The van der Waals surface area contributed by atoms with Crippen LogP contribution in [0.3, 0.4) is 0 Å². The molecule has 2 N–H and O–H groups in total. The highest BCUT2D eigenvalue weighted by Gasteiger charge is 2.31. The van der Waals surface area contributed by atoms with E-state index in [1.165, 1.54) is 35.3 Å². The first-order valence-electron chi connectivity index (χ1n) is 10.4. The van der Waals surface area contributed by atoms with Gasteiger partial charge in [0.2, 0.25) is 0 Å². The second kappa shape index (κ2) is 10.9. The first-order chi connectivity index (χ1) is 17.3. The third kappa shape index (κ3) is 6.57. The number of halogens is 3. The summed E-state index contributed by atoms with van der Waals surface area (Å²) in [5, 5.41) is 11.8. The van der Waals surface area contributed by atoms with Crippen molar-refractivity contribution < 1.29 is 22.6 Å². The third-order valence-electron chi connectivity index (χ3n) is 4.73. The highest BCUT2D eigenvalue weighted by Crippen LogP contribution is 2.24. The molecule has 4 rings (SSSR count). The summed E-state index contributed by atoms with van der Waals surface area (Å²) in [5.41, 5.74) is 5.57. The lowest BCUT2D eigenvalue weighted by Gasteiger charge is -2.10. The van der Waals surface area contributed by atoms with Gasteiger partial charge in [0.05, 0.1) is 24.7 Å².